The molecule has 0 aromatic heterocycles. The molecule has 0 saturated carbocycles. The largest absolute Gasteiger partial charge is 0.330 e. The van der Waals surface area contributed by atoms with Crippen molar-refractivity contribution >= 4 is 0 Å². The fraction of sp³-hybridized carbons (Fsp3) is 0.875. The summed E-state index contributed by atoms with van der Waals surface area (Å²) in [4.78, 5) is 0. The quantitative estimate of drug-likeness (QED) is 0.556. The number of nitrogens with two attached hydrogens (primary N) is 2. The second-order valence-corrected chi connectivity index (χ2v) is 2.74. The molecule has 3 heteroatoms. The van der Waals surface area contributed by atoms with Gasteiger partial charge in [-0.1, -0.05) is 6.42 Å². The zero-order valence-corrected chi connectivity index (χ0v) is 6.92. The minimum atomic E-state index is 0.196. The van der Waals surface area contributed by atoms with E-state index in [-0.39, 0.29) is 6.04 Å². The number of hydrogen-bond acceptors (Lipinski definition) is 3. The van der Waals surface area contributed by atoms with Gasteiger partial charge in [0.1, 0.15) is 0 Å². The van der Waals surface area contributed by atoms with Gasteiger partial charge in [-0.15, -0.1) is 0 Å². The van der Waals surface area contributed by atoms with Crippen LogP contribution in [0.3, 0.4) is 0 Å². The van der Waals surface area contributed by atoms with E-state index in [4.69, 9.17) is 16.7 Å². The molecule has 0 fully saturated rings. The Labute approximate surface area is 68.4 Å². The van der Waals surface area contributed by atoms with Gasteiger partial charge < -0.3 is 11.5 Å². The molecule has 0 spiro atoms. The van der Waals surface area contributed by atoms with E-state index < -0.39 is 0 Å². The van der Waals surface area contributed by atoms with Gasteiger partial charge >= 0.3 is 0 Å². The van der Waals surface area contributed by atoms with E-state index in [1.54, 1.807) is 0 Å². The molecule has 0 saturated heterocycles. The Kier molecular flexibility index (Phi) is 7.11. The highest BCUT2D eigenvalue weighted by Crippen LogP contribution is 2.02. The maximum absolute atomic E-state index is 8.26. The molecule has 0 radical (unpaired) electrons. The molecule has 0 rings (SSSR count). The minimum absolute atomic E-state index is 0.196. The first kappa shape index (κ1) is 10.4. The molecule has 0 amide bonds. The maximum Gasteiger partial charge on any atom is 0.0622 e. The summed E-state index contributed by atoms with van der Waals surface area (Å²) in [6, 6.07) is 2.28. The highest BCUT2D eigenvalue weighted by molar-refractivity contribution is 4.73. The van der Waals surface area contributed by atoms with Gasteiger partial charge in [0, 0.05) is 12.5 Å². The molecule has 64 valence electrons. The van der Waals surface area contributed by atoms with Crippen molar-refractivity contribution < 1.29 is 0 Å². The number of nitrogens with zero attached hydrogens (tertiary/aromatic N) is 1. The van der Waals surface area contributed by atoms with Gasteiger partial charge in [0.05, 0.1) is 6.07 Å². The first-order chi connectivity index (χ1) is 5.31. The number of hydrogen-bond donors (Lipinski definition) is 2. The van der Waals surface area contributed by atoms with Gasteiger partial charge in [0.25, 0.3) is 0 Å². The Bertz CT molecular complexity index is 117. The summed E-state index contributed by atoms with van der Waals surface area (Å²) in [5.41, 5.74) is 11.0. The molecular formula is C8H17N3. The van der Waals surface area contributed by atoms with E-state index in [9.17, 15) is 0 Å². The summed E-state index contributed by atoms with van der Waals surface area (Å²) in [5.74, 6) is 0. The van der Waals surface area contributed by atoms with Crippen LogP contribution in [0.25, 0.3) is 0 Å². The monoisotopic (exact) mass is 155 g/mol. The normalized spacial score (nSPS) is 12.5. The van der Waals surface area contributed by atoms with Crippen LogP contribution in [0.15, 0.2) is 0 Å². The summed E-state index contributed by atoms with van der Waals surface area (Å²) in [6.45, 7) is 0.741. The third-order valence-corrected chi connectivity index (χ3v) is 1.66. The van der Waals surface area contributed by atoms with Crippen molar-refractivity contribution in [1.82, 2.24) is 0 Å². The average molecular weight is 155 g/mol. The molecule has 4 N–H and O–H groups in total. The summed E-state index contributed by atoms with van der Waals surface area (Å²) in [7, 11) is 0. The van der Waals surface area contributed by atoms with Crippen LogP contribution < -0.4 is 11.5 Å². The Balaban J connectivity index is 3.10. The zero-order chi connectivity index (χ0) is 8.53. The fourth-order valence-corrected chi connectivity index (χ4v) is 0.945. The third-order valence-electron chi connectivity index (χ3n) is 1.66. The Morgan fingerprint density at radius 3 is 2.55 bits per heavy atom. The van der Waals surface area contributed by atoms with Crippen molar-refractivity contribution in [1.29, 1.82) is 5.26 Å². The fourth-order valence-electron chi connectivity index (χ4n) is 0.945. The second-order valence-electron chi connectivity index (χ2n) is 2.74. The number of rotatable bonds is 6. The van der Waals surface area contributed by atoms with Gasteiger partial charge in [-0.05, 0) is 25.8 Å². The number of unbranched alkanes of at least 4 members (excludes halogenated alkanes) is 1. The molecule has 0 bridgehead atoms. The SMILES string of the molecule is N#CCCC(N)CCCCN. The van der Waals surface area contributed by atoms with Crippen molar-refractivity contribution in [3.05, 3.63) is 0 Å². The lowest BCUT2D eigenvalue weighted by atomic mass is 10.1. The summed E-state index contributed by atoms with van der Waals surface area (Å²) in [5, 5.41) is 8.26. The zero-order valence-electron chi connectivity index (χ0n) is 6.92. The van der Waals surface area contributed by atoms with E-state index in [0.29, 0.717) is 6.42 Å². The van der Waals surface area contributed by atoms with Gasteiger partial charge in [0.15, 0.2) is 0 Å². The molecular weight excluding hydrogens is 138 g/mol. The van der Waals surface area contributed by atoms with Crippen LogP contribution in [0.4, 0.5) is 0 Å². The maximum atomic E-state index is 8.26. The Morgan fingerprint density at radius 2 is 2.00 bits per heavy atom. The minimum Gasteiger partial charge on any atom is -0.330 e. The van der Waals surface area contributed by atoms with Crippen molar-refractivity contribution in [3.8, 4) is 6.07 Å². The summed E-state index contributed by atoms with van der Waals surface area (Å²) < 4.78 is 0. The predicted octanol–water partition coefficient (Wildman–Crippen LogP) is 0.746. The van der Waals surface area contributed by atoms with Crippen molar-refractivity contribution in [3.63, 3.8) is 0 Å². The highest BCUT2D eigenvalue weighted by Gasteiger charge is 2.00. The van der Waals surface area contributed by atoms with Crippen LogP contribution in [0, 0.1) is 11.3 Å². The smallest absolute Gasteiger partial charge is 0.0622 e. The topological polar surface area (TPSA) is 75.8 Å². The lowest BCUT2D eigenvalue weighted by molar-refractivity contribution is 0.540. The van der Waals surface area contributed by atoms with Crippen molar-refractivity contribution in [2.24, 2.45) is 11.5 Å². The molecule has 0 aromatic rings. The lowest BCUT2D eigenvalue weighted by Gasteiger charge is -2.07. The molecule has 3 nitrogen and oxygen atoms in total. The molecule has 11 heavy (non-hydrogen) atoms. The van der Waals surface area contributed by atoms with Crippen LogP contribution in [0.5, 0.6) is 0 Å². The molecule has 0 aliphatic heterocycles. The number of nitriles is 1. The van der Waals surface area contributed by atoms with E-state index in [1.165, 1.54) is 0 Å². The van der Waals surface area contributed by atoms with Crippen LogP contribution in [0.1, 0.15) is 32.1 Å². The van der Waals surface area contributed by atoms with Gasteiger partial charge in [-0.2, -0.15) is 5.26 Å². The van der Waals surface area contributed by atoms with E-state index >= 15 is 0 Å². The van der Waals surface area contributed by atoms with Crippen LogP contribution in [0.2, 0.25) is 0 Å². The lowest BCUT2D eigenvalue weighted by Crippen LogP contribution is -2.19. The molecule has 0 aromatic carbocycles. The van der Waals surface area contributed by atoms with Gasteiger partial charge in [0.2, 0.25) is 0 Å². The van der Waals surface area contributed by atoms with Crippen molar-refractivity contribution in [2.75, 3.05) is 6.54 Å². The molecule has 1 unspecified atom stereocenters. The second kappa shape index (κ2) is 7.52. The van der Waals surface area contributed by atoms with Gasteiger partial charge in [-0.3, -0.25) is 0 Å². The summed E-state index contributed by atoms with van der Waals surface area (Å²) in [6.07, 6.45) is 4.52. The molecule has 1 atom stereocenters. The molecule has 0 heterocycles. The Hall–Kier alpha value is -0.590. The third kappa shape index (κ3) is 7.31. The molecule has 0 aliphatic carbocycles. The van der Waals surface area contributed by atoms with E-state index in [2.05, 4.69) is 6.07 Å². The van der Waals surface area contributed by atoms with Gasteiger partial charge in [-0.25, -0.2) is 0 Å². The van der Waals surface area contributed by atoms with Crippen LogP contribution in [-0.2, 0) is 0 Å². The van der Waals surface area contributed by atoms with E-state index in [1.807, 2.05) is 0 Å². The summed E-state index contributed by atoms with van der Waals surface area (Å²) >= 11 is 0. The van der Waals surface area contributed by atoms with Crippen LogP contribution >= 0.6 is 0 Å². The predicted molar refractivity (Wildman–Crippen MR) is 45.7 cm³/mol. The first-order valence-electron chi connectivity index (χ1n) is 4.14. The molecule has 0 aliphatic rings. The van der Waals surface area contributed by atoms with E-state index in [0.717, 1.165) is 32.2 Å². The highest BCUT2D eigenvalue weighted by atomic mass is 14.6. The average Bonchev–Trinajstić information content (AvgIpc) is 2.01. The van der Waals surface area contributed by atoms with Crippen LogP contribution in [-0.4, -0.2) is 12.6 Å². The standard InChI is InChI=1S/C8H17N3/c9-6-2-1-4-8(11)5-3-7-10/h8H,1-6,9,11H2. The van der Waals surface area contributed by atoms with Crippen molar-refractivity contribution in [2.45, 2.75) is 38.1 Å². The first-order valence-corrected chi connectivity index (χ1v) is 4.14. The Morgan fingerprint density at radius 1 is 1.27 bits per heavy atom.